The van der Waals surface area contributed by atoms with E-state index in [2.05, 4.69) is 10.0 Å². The van der Waals surface area contributed by atoms with Crippen molar-refractivity contribution in [3.8, 4) is 5.75 Å². The van der Waals surface area contributed by atoms with Crippen molar-refractivity contribution in [1.29, 1.82) is 0 Å². The van der Waals surface area contributed by atoms with Crippen LogP contribution in [0.2, 0.25) is 0 Å². The topological polar surface area (TPSA) is 84.5 Å². The third kappa shape index (κ3) is 5.81. The van der Waals surface area contributed by atoms with Gasteiger partial charge in [-0.1, -0.05) is 37.3 Å². The summed E-state index contributed by atoms with van der Waals surface area (Å²) >= 11 is 0. The fraction of sp³-hybridized carbons (Fsp3) is 0.381. The van der Waals surface area contributed by atoms with Crippen LogP contribution in [0, 0.1) is 6.92 Å². The molecule has 0 heterocycles. The Morgan fingerprint density at radius 3 is 2.39 bits per heavy atom. The molecule has 0 unspecified atom stereocenters. The van der Waals surface area contributed by atoms with E-state index in [1.807, 2.05) is 44.2 Å². The van der Waals surface area contributed by atoms with Crippen molar-refractivity contribution in [2.75, 3.05) is 7.11 Å². The molecule has 0 saturated carbocycles. The van der Waals surface area contributed by atoms with E-state index in [1.165, 1.54) is 19.2 Å². The molecule has 0 radical (unpaired) electrons. The number of methoxy groups -OCH3 is 1. The molecule has 1 amide bonds. The molecule has 7 heteroatoms. The number of ether oxygens (including phenoxy) is 1. The van der Waals surface area contributed by atoms with Gasteiger partial charge in [0.25, 0.3) is 0 Å². The second-order valence-corrected chi connectivity index (χ2v) is 8.53. The summed E-state index contributed by atoms with van der Waals surface area (Å²) in [4.78, 5) is 12.8. The minimum Gasteiger partial charge on any atom is -0.496 e. The lowest BCUT2D eigenvalue weighted by molar-refractivity contribution is -0.123. The normalized spacial score (nSPS) is 13.6. The fourth-order valence-corrected chi connectivity index (χ4v) is 4.04. The lowest BCUT2D eigenvalue weighted by atomic mass is 10.1. The number of aryl methyl sites for hydroxylation is 1. The van der Waals surface area contributed by atoms with Crippen molar-refractivity contribution in [1.82, 2.24) is 10.0 Å². The molecule has 28 heavy (non-hydrogen) atoms. The van der Waals surface area contributed by atoms with Gasteiger partial charge in [0.2, 0.25) is 15.9 Å². The highest BCUT2D eigenvalue weighted by Gasteiger charge is 2.27. The van der Waals surface area contributed by atoms with Crippen LogP contribution in [0.3, 0.4) is 0 Å². The summed E-state index contributed by atoms with van der Waals surface area (Å²) in [7, 11) is -2.35. The molecule has 0 bridgehead atoms. The molecule has 2 atom stereocenters. The Morgan fingerprint density at radius 2 is 1.82 bits per heavy atom. The van der Waals surface area contributed by atoms with E-state index in [4.69, 9.17) is 4.74 Å². The molecule has 6 nitrogen and oxygen atoms in total. The zero-order valence-corrected chi connectivity index (χ0v) is 17.5. The molecule has 2 aromatic carbocycles. The highest BCUT2D eigenvalue weighted by atomic mass is 32.2. The van der Waals surface area contributed by atoms with E-state index in [0.717, 1.165) is 12.0 Å². The molecule has 0 aliphatic carbocycles. The second kappa shape index (κ2) is 9.71. The fourth-order valence-electron chi connectivity index (χ4n) is 2.76. The van der Waals surface area contributed by atoms with Crippen molar-refractivity contribution >= 4 is 15.9 Å². The number of carbonyl (C=O) groups excluding carboxylic acids is 1. The molecule has 0 saturated heterocycles. The van der Waals surface area contributed by atoms with Gasteiger partial charge in [0, 0.05) is 6.04 Å². The molecule has 152 valence electrons. The van der Waals surface area contributed by atoms with E-state index in [0.29, 0.717) is 11.3 Å². The van der Waals surface area contributed by atoms with Crippen molar-refractivity contribution in [3.63, 3.8) is 0 Å². The average Bonchev–Trinajstić information content (AvgIpc) is 2.67. The molecule has 0 aromatic heterocycles. The van der Waals surface area contributed by atoms with Crippen LogP contribution in [0.5, 0.6) is 5.75 Å². The predicted molar refractivity (Wildman–Crippen MR) is 110 cm³/mol. The van der Waals surface area contributed by atoms with E-state index in [-0.39, 0.29) is 23.3 Å². The first-order valence-corrected chi connectivity index (χ1v) is 10.8. The Bertz CT molecular complexity index is 898. The number of hydrogen-bond acceptors (Lipinski definition) is 4. The first-order chi connectivity index (χ1) is 13.3. The Hall–Kier alpha value is -2.38. The van der Waals surface area contributed by atoms with Gasteiger partial charge >= 0.3 is 0 Å². The van der Waals surface area contributed by atoms with Crippen LogP contribution in [-0.4, -0.2) is 33.5 Å². The zero-order chi connectivity index (χ0) is 20.7. The van der Waals surface area contributed by atoms with E-state index < -0.39 is 16.1 Å². The number of sulfonamides is 1. The predicted octanol–water partition coefficient (Wildman–Crippen LogP) is 2.81. The first kappa shape index (κ1) is 21.9. The first-order valence-electron chi connectivity index (χ1n) is 9.28. The minimum absolute atomic E-state index is 0.0430. The van der Waals surface area contributed by atoms with Gasteiger partial charge in [-0.05, 0) is 56.0 Å². The van der Waals surface area contributed by atoms with Crippen molar-refractivity contribution in [2.24, 2.45) is 0 Å². The third-order valence-electron chi connectivity index (χ3n) is 4.57. The zero-order valence-electron chi connectivity index (χ0n) is 16.7. The summed E-state index contributed by atoms with van der Waals surface area (Å²) < 4.78 is 33.6. The summed E-state index contributed by atoms with van der Waals surface area (Å²) in [6.45, 7) is 5.62. The smallest absolute Gasteiger partial charge is 0.241 e. The molecule has 2 aromatic rings. The highest BCUT2D eigenvalue weighted by molar-refractivity contribution is 7.89. The van der Waals surface area contributed by atoms with Crippen molar-refractivity contribution in [2.45, 2.75) is 50.6 Å². The molecule has 0 aliphatic heterocycles. The summed E-state index contributed by atoms with van der Waals surface area (Å²) in [5, 5.41) is 2.87. The van der Waals surface area contributed by atoms with Gasteiger partial charge in [-0.2, -0.15) is 4.72 Å². The van der Waals surface area contributed by atoms with Crippen LogP contribution < -0.4 is 14.8 Å². The monoisotopic (exact) mass is 404 g/mol. The second-order valence-electron chi connectivity index (χ2n) is 6.81. The van der Waals surface area contributed by atoms with Gasteiger partial charge in [0.15, 0.2) is 0 Å². The van der Waals surface area contributed by atoms with Crippen LogP contribution in [0.25, 0.3) is 0 Å². The largest absolute Gasteiger partial charge is 0.496 e. The Kier molecular flexibility index (Phi) is 7.60. The Labute approximate surface area is 167 Å². The van der Waals surface area contributed by atoms with E-state index >= 15 is 0 Å². The van der Waals surface area contributed by atoms with Gasteiger partial charge in [-0.3, -0.25) is 4.79 Å². The lowest BCUT2D eigenvalue weighted by Crippen LogP contribution is -2.50. The van der Waals surface area contributed by atoms with Gasteiger partial charge in [-0.25, -0.2) is 8.42 Å². The molecule has 2 N–H and O–H groups in total. The number of benzene rings is 2. The summed E-state index contributed by atoms with van der Waals surface area (Å²) in [5.74, 6) is 0.265. The third-order valence-corrected chi connectivity index (χ3v) is 6.04. The molecular formula is C21H28N2O4S. The van der Waals surface area contributed by atoms with Crippen LogP contribution >= 0.6 is 0 Å². The maximum Gasteiger partial charge on any atom is 0.241 e. The van der Waals surface area contributed by atoms with Crippen LogP contribution in [0.4, 0.5) is 0 Å². The van der Waals surface area contributed by atoms with Gasteiger partial charge in [0.05, 0.1) is 12.0 Å². The maximum absolute atomic E-state index is 12.9. The maximum atomic E-state index is 12.9. The number of nitrogens with one attached hydrogen (secondary N) is 2. The van der Waals surface area contributed by atoms with Gasteiger partial charge in [-0.15, -0.1) is 0 Å². The lowest BCUT2D eigenvalue weighted by Gasteiger charge is -2.21. The molecule has 0 fully saturated rings. The number of hydrogen-bond donors (Lipinski definition) is 2. The molecule has 0 spiro atoms. The SMILES string of the molecule is CC[C@H](C)NC(=O)[C@@H](Cc1ccccc1)NS(=O)(=O)c1ccc(OC)c(C)c1. The number of rotatable bonds is 9. The average molecular weight is 405 g/mol. The summed E-state index contributed by atoms with van der Waals surface area (Å²) in [5.41, 5.74) is 1.58. The summed E-state index contributed by atoms with van der Waals surface area (Å²) in [6.07, 6.45) is 1.02. The van der Waals surface area contributed by atoms with E-state index in [1.54, 1.807) is 13.0 Å². The molecule has 0 aliphatic rings. The van der Waals surface area contributed by atoms with Gasteiger partial charge < -0.3 is 10.1 Å². The standard InChI is InChI=1S/C21H28N2O4S/c1-5-16(3)22-21(24)19(14-17-9-7-6-8-10-17)23-28(25,26)18-11-12-20(27-4)15(2)13-18/h6-13,16,19,23H,5,14H2,1-4H3,(H,22,24)/t16-,19+/m0/s1. The number of amides is 1. The van der Waals surface area contributed by atoms with Crippen LogP contribution in [-0.2, 0) is 21.2 Å². The van der Waals surface area contributed by atoms with Crippen molar-refractivity contribution in [3.05, 3.63) is 59.7 Å². The van der Waals surface area contributed by atoms with E-state index in [9.17, 15) is 13.2 Å². The van der Waals surface area contributed by atoms with Crippen LogP contribution in [0.1, 0.15) is 31.4 Å². The number of carbonyl (C=O) groups is 1. The minimum atomic E-state index is -3.88. The highest BCUT2D eigenvalue weighted by Crippen LogP contribution is 2.21. The van der Waals surface area contributed by atoms with Gasteiger partial charge in [0.1, 0.15) is 11.8 Å². The Morgan fingerprint density at radius 1 is 1.14 bits per heavy atom. The quantitative estimate of drug-likeness (QED) is 0.673. The Balaban J connectivity index is 2.29. The van der Waals surface area contributed by atoms with Crippen LogP contribution in [0.15, 0.2) is 53.4 Å². The van der Waals surface area contributed by atoms with Crippen molar-refractivity contribution < 1.29 is 17.9 Å². The molecule has 2 rings (SSSR count). The summed E-state index contributed by atoms with van der Waals surface area (Å²) in [6, 6.07) is 13.0. The molecular weight excluding hydrogens is 376 g/mol.